The first-order valence-corrected chi connectivity index (χ1v) is 9.45. The predicted octanol–water partition coefficient (Wildman–Crippen LogP) is 3.63. The van der Waals surface area contributed by atoms with Crippen LogP contribution in [-0.4, -0.2) is 16.7 Å². The van der Waals surface area contributed by atoms with Crippen molar-refractivity contribution < 1.29 is 9.59 Å². The molecule has 3 aromatic rings. The highest BCUT2D eigenvalue weighted by Gasteiger charge is 2.36. The molecule has 0 fully saturated rings. The van der Waals surface area contributed by atoms with E-state index in [0.29, 0.717) is 19.5 Å². The molecule has 4 nitrogen and oxygen atoms in total. The van der Waals surface area contributed by atoms with Crippen molar-refractivity contribution in [3.05, 3.63) is 107 Å². The molecule has 0 aliphatic carbocycles. The second kappa shape index (κ2) is 8.09. The molecular weight excluding hydrogens is 348 g/mol. The van der Waals surface area contributed by atoms with E-state index in [9.17, 15) is 9.59 Å². The Hall–Kier alpha value is -3.40. The molecule has 2 amide bonds. The zero-order chi connectivity index (χ0) is 19.3. The van der Waals surface area contributed by atoms with Gasteiger partial charge in [-0.15, -0.1) is 0 Å². The average Bonchev–Trinajstić information content (AvgIpc) is 2.74. The first-order valence-electron chi connectivity index (χ1n) is 9.45. The molecule has 0 unspecified atom stereocenters. The Morgan fingerprint density at radius 2 is 1.46 bits per heavy atom. The highest BCUT2D eigenvalue weighted by atomic mass is 16.2. The molecule has 28 heavy (non-hydrogen) atoms. The summed E-state index contributed by atoms with van der Waals surface area (Å²) < 4.78 is 0. The van der Waals surface area contributed by atoms with Crippen LogP contribution in [0, 0.1) is 0 Å². The lowest BCUT2D eigenvalue weighted by atomic mass is 9.91. The van der Waals surface area contributed by atoms with Gasteiger partial charge in [-0.2, -0.15) is 0 Å². The molecule has 0 bridgehead atoms. The van der Waals surface area contributed by atoms with Crippen LogP contribution >= 0.6 is 0 Å². The van der Waals surface area contributed by atoms with Crippen molar-refractivity contribution in [3.8, 4) is 0 Å². The Morgan fingerprint density at radius 3 is 2.18 bits per heavy atom. The van der Waals surface area contributed by atoms with Crippen molar-refractivity contribution >= 4 is 11.8 Å². The predicted molar refractivity (Wildman–Crippen MR) is 108 cm³/mol. The van der Waals surface area contributed by atoms with Crippen molar-refractivity contribution in [1.29, 1.82) is 0 Å². The summed E-state index contributed by atoms with van der Waals surface area (Å²) in [6.45, 7) is 0.850. The van der Waals surface area contributed by atoms with Crippen LogP contribution < -0.4 is 5.32 Å². The van der Waals surface area contributed by atoms with E-state index in [-0.39, 0.29) is 11.8 Å². The lowest BCUT2D eigenvalue weighted by molar-refractivity contribution is -0.142. The lowest BCUT2D eigenvalue weighted by Crippen LogP contribution is -2.46. The van der Waals surface area contributed by atoms with Crippen LogP contribution in [0.25, 0.3) is 0 Å². The Kier molecular flexibility index (Phi) is 5.20. The zero-order valence-corrected chi connectivity index (χ0v) is 15.5. The molecule has 1 aliphatic heterocycles. The number of fused-ring (bicyclic) bond motifs is 1. The number of amides is 2. The van der Waals surface area contributed by atoms with E-state index in [1.54, 1.807) is 4.90 Å². The van der Waals surface area contributed by atoms with Crippen LogP contribution in [0.5, 0.6) is 0 Å². The lowest BCUT2D eigenvalue weighted by Gasteiger charge is -2.36. The van der Waals surface area contributed by atoms with Crippen LogP contribution in [0.3, 0.4) is 0 Å². The number of hydrogen-bond donors (Lipinski definition) is 1. The number of carbonyl (C=O) groups excluding carboxylic acids is 2. The van der Waals surface area contributed by atoms with E-state index in [1.807, 2.05) is 84.9 Å². The van der Waals surface area contributed by atoms with Gasteiger partial charge in [0.15, 0.2) is 0 Å². The van der Waals surface area contributed by atoms with E-state index >= 15 is 0 Å². The van der Waals surface area contributed by atoms with Crippen molar-refractivity contribution in [2.45, 2.75) is 25.6 Å². The number of benzene rings is 3. The van der Waals surface area contributed by atoms with Crippen LogP contribution in [0.4, 0.5) is 0 Å². The Labute approximate surface area is 164 Å². The van der Waals surface area contributed by atoms with Gasteiger partial charge in [-0.1, -0.05) is 84.9 Å². The number of rotatable bonds is 5. The first-order chi connectivity index (χ1) is 13.7. The van der Waals surface area contributed by atoms with Gasteiger partial charge in [0.1, 0.15) is 6.04 Å². The summed E-state index contributed by atoms with van der Waals surface area (Å²) in [5, 5.41) is 3.01. The van der Waals surface area contributed by atoms with Gasteiger partial charge in [-0.3, -0.25) is 9.59 Å². The molecule has 0 aromatic heterocycles. The third-order valence-corrected chi connectivity index (χ3v) is 5.08. The Balaban J connectivity index is 1.62. The summed E-state index contributed by atoms with van der Waals surface area (Å²) in [4.78, 5) is 27.8. The summed E-state index contributed by atoms with van der Waals surface area (Å²) in [7, 11) is 0. The van der Waals surface area contributed by atoms with Gasteiger partial charge in [-0.05, 0) is 22.3 Å². The van der Waals surface area contributed by atoms with Gasteiger partial charge in [0, 0.05) is 13.1 Å². The minimum absolute atomic E-state index is 0.0255. The summed E-state index contributed by atoms with van der Waals surface area (Å²) in [6.07, 6.45) is 0.325. The van der Waals surface area contributed by atoms with Crippen LogP contribution in [-0.2, 0) is 29.1 Å². The molecule has 0 saturated heterocycles. The maximum absolute atomic E-state index is 13.2. The van der Waals surface area contributed by atoms with Crippen molar-refractivity contribution in [2.75, 3.05) is 0 Å². The highest BCUT2D eigenvalue weighted by molar-refractivity contribution is 5.92. The molecule has 1 aliphatic rings. The van der Waals surface area contributed by atoms with E-state index in [1.165, 1.54) is 0 Å². The second-order valence-electron chi connectivity index (χ2n) is 6.99. The van der Waals surface area contributed by atoms with E-state index < -0.39 is 6.04 Å². The number of nitrogens with zero attached hydrogens (tertiary/aromatic N) is 1. The molecule has 0 radical (unpaired) electrons. The van der Waals surface area contributed by atoms with Gasteiger partial charge in [0.05, 0.1) is 6.42 Å². The smallest absolute Gasteiger partial charge is 0.247 e. The molecular formula is C24H22N2O2. The standard InChI is InChI=1S/C24H22N2O2/c27-22-15-20-13-7-8-14-21(20)23(26(22)17-19-11-5-2-6-12-19)24(28)25-16-18-9-3-1-4-10-18/h1-14,23H,15-17H2,(H,25,28)/t23-/m0/s1. The van der Waals surface area contributed by atoms with Crippen molar-refractivity contribution in [2.24, 2.45) is 0 Å². The van der Waals surface area contributed by atoms with Crippen LogP contribution in [0.1, 0.15) is 28.3 Å². The zero-order valence-electron chi connectivity index (χ0n) is 15.5. The van der Waals surface area contributed by atoms with Crippen LogP contribution in [0.15, 0.2) is 84.9 Å². The van der Waals surface area contributed by atoms with Gasteiger partial charge in [0.25, 0.3) is 0 Å². The fourth-order valence-corrected chi connectivity index (χ4v) is 3.66. The molecule has 1 atom stereocenters. The van der Waals surface area contributed by atoms with Gasteiger partial charge >= 0.3 is 0 Å². The third kappa shape index (κ3) is 3.81. The molecule has 4 heteroatoms. The minimum Gasteiger partial charge on any atom is -0.350 e. The van der Waals surface area contributed by atoms with Crippen molar-refractivity contribution in [1.82, 2.24) is 10.2 Å². The first kappa shape index (κ1) is 18.0. The monoisotopic (exact) mass is 370 g/mol. The Morgan fingerprint density at radius 1 is 0.857 bits per heavy atom. The molecule has 0 spiro atoms. The quantitative estimate of drug-likeness (QED) is 0.746. The maximum Gasteiger partial charge on any atom is 0.247 e. The Bertz CT molecular complexity index is 970. The molecule has 4 rings (SSSR count). The molecule has 3 aromatic carbocycles. The van der Waals surface area contributed by atoms with Crippen LogP contribution in [0.2, 0.25) is 0 Å². The SMILES string of the molecule is O=C(NCc1ccccc1)[C@@H]1c2ccccc2CC(=O)N1Cc1ccccc1. The highest BCUT2D eigenvalue weighted by Crippen LogP contribution is 2.32. The molecule has 1 heterocycles. The molecule has 1 N–H and O–H groups in total. The molecule has 0 saturated carbocycles. The maximum atomic E-state index is 13.2. The fraction of sp³-hybridized carbons (Fsp3) is 0.167. The van der Waals surface area contributed by atoms with Gasteiger partial charge in [-0.25, -0.2) is 0 Å². The van der Waals surface area contributed by atoms with Crippen molar-refractivity contribution in [3.63, 3.8) is 0 Å². The van der Waals surface area contributed by atoms with E-state index in [0.717, 1.165) is 22.3 Å². The number of nitrogens with one attached hydrogen (secondary N) is 1. The summed E-state index contributed by atoms with van der Waals surface area (Å²) in [6, 6.07) is 26.7. The topological polar surface area (TPSA) is 49.4 Å². The fourth-order valence-electron chi connectivity index (χ4n) is 3.66. The minimum atomic E-state index is -0.624. The third-order valence-electron chi connectivity index (χ3n) is 5.08. The second-order valence-corrected chi connectivity index (χ2v) is 6.99. The normalized spacial score (nSPS) is 15.8. The van der Waals surface area contributed by atoms with E-state index in [2.05, 4.69) is 5.32 Å². The average molecular weight is 370 g/mol. The number of carbonyl (C=O) groups is 2. The largest absolute Gasteiger partial charge is 0.350 e. The van der Waals surface area contributed by atoms with E-state index in [4.69, 9.17) is 0 Å². The number of hydrogen-bond acceptors (Lipinski definition) is 2. The molecule has 140 valence electrons. The van der Waals surface area contributed by atoms with Gasteiger partial charge < -0.3 is 10.2 Å². The summed E-state index contributed by atoms with van der Waals surface area (Å²) in [5.41, 5.74) is 3.87. The summed E-state index contributed by atoms with van der Waals surface area (Å²) in [5.74, 6) is -0.178. The van der Waals surface area contributed by atoms with Gasteiger partial charge in [0.2, 0.25) is 11.8 Å². The summed E-state index contributed by atoms with van der Waals surface area (Å²) >= 11 is 0.